The molecule has 1 aliphatic rings. The van der Waals surface area contributed by atoms with Crippen LogP contribution in [0.3, 0.4) is 0 Å². The van der Waals surface area contributed by atoms with Crippen molar-refractivity contribution in [1.82, 2.24) is 10.6 Å². The van der Waals surface area contributed by atoms with Gasteiger partial charge in [-0.25, -0.2) is 14.4 Å². The van der Waals surface area contributed by atoms with Gasteiger partial charge in [0, 0.05) is 12.5 Å². The number of rotatable bonds is 9. The van der Waals surface area contributed by atoms with Gasteiger partial charge in [0.05, 0.1) is 0 Å². The monoisotopic (exact) mass is 524 g/mol. The Labute approximate surface area is 225 Å². The molecule has 0 bridgehead atoms. The van der Waals surface area contributed by atoms with Gasteiger partial charge < -0.3 is 24.8 Å². The minimum atomic E-state index is -0.869. The van der Waals surface area contributed by atoms with Gasteiger partial charge in [-0.05, 0) is 83.1 Å². The van der Waals surface area contributed by atoms with Gasteiger partial charge in [0.2, 0.25) is 0 Å². The molecule has 38 heavy (non-hydrogen) atoms. The van der Waals surface area contributed by atoms with E-state index in [-0.39, 0.29) is 12.5 Å². The molecule has 2 N–H and O–H groups in total. The lowest BCUT2D eigenvalue weighted by molar-refractivity contribution is -0.157. The van der Waals surface area contributed by atoms with Crippen LogP contribution in [0.15, 0.2) is 48.5 Å². The Hall–Kier alpha value is -3.55. The van der Waals surface area contributed by atoms with Crippen LogP contribution in [-0.2, 0) is 19.0 Å². The highest BCUT2D eigenvalue weighted by Gasteiger charge is 2.31. The van der Waals surface area contributed by atoms with Crippen molar-refractivity contribution in [2.75, 3.05) is 13.2 Å². The van der Waals surface area contributed by atoms with Gasteiger partial charge >= 0.3 is 18.2 Å². The van der Waals surface area contributed by atoms with Crippen molar-refractivity contribution >= 4 is 18.2 Å². The Balaban J connectivity index is 1.56. The number of carbonyl (C=O) groups excluding carboxylic acids is 3. The molecule has 0 saturated heterocycles. The second-order valence-electron chi connectivity index (χ2n) is 11.5. The van der Waals surface area contributed by atoms with Crippen molar-refractivity contribution in [3.8, 4) is 11.1 Å². The maximum atomic E-state index is 12.8. The molecule has 8 heteroatoms. The fourth-order valence-electron chi connectivity index (χ4n) is 4.38. The summed E-state index contributed by atoms with van der Waals surface area (Å²) >= 11 is 0. The van der Waals surface area contributed by atoms with E-state index in [0.29, 0.717) is 25.8 Å². The zero-order chi connectivity index (χ0) is 27.9. The highest BCUT2D eigenvalue weighted by Crippen LogP contribution is 2.44. The molecule has 2 aromatic rings. The summed E-state index contributed by atoms with van der Waals surface area (Å²) in [6.07, 6.45) is 0.358. The van der Waals surface area contributed by atoms with Gasteiger partial charge in [-0.3, -0.25) is 0 Å². The second-order valence-corrected chi connectivity index (χ2v) is 11.5. The van der Waals surface area contributed by atoms with Crippen molar-refractivity contribution in [3.63, 3.8) is 0 Å². The Morgan fingerprint density at radius 2 is 1.34 bits per heavy atom. The third-order valence-electron chi connectivity index (χ3n) is 5.91. The number of benzene rings is 2. The van der Waals surface area contributed by atoms with Crippen LogP contribution in [0.1, 0.15) is 77.8 Å². The third kappa shape index (κ3) is 8.50. The Morgan fingerprint density at radius 1 is 0.789 bits per heavy atom. The first-order valence-corrected chi connectivity index (χ1v) is 13.2. The molecule has 8 nitrogen and oxygen atoms in total. The lowest BCUT2D eigenvalue weighted by atomic mass is 9.98. The number of amides is 2. The highest BCUT2D eigenvalue weighted by atomic mass is 16.6. The molecule has 1 aliphatic carbocycles. The summed E-state index contributed by atoms with van der Waals surface area (Å²) in [5, 5.41) is 5.39. The predicted molar refractivity (Wildman–Crippen MR) is 146 cm³/mol. The first-order chi connectivity index (χ1) is 17.8. The molecule has 3 rings (SSSR count). The van der Waals surface area contributed by atoms with Crippen LogP contribution in [0.2, 0.25) is 0 Å². The minimum absolute atomic E-state index is 0.0768. The molecule has 0 radical (unpaired) electrons. The van der Waals surface area contributed by atoms with Gasteiger partial charge in [-0.1, -0.05) is 48.5 Å². The zero-order valence-electron chi connectivity index (χ0n) is 23.3. The number of hydrogen-bond donors (Lipinski definition) is 2. The van der Waals surface area contributed by atoms with Crippen molar-refractivity contribution in [3.05, 3.63) is 59.7 Å². The van der Waals surface area contributed by atoms with Crippen molar-refractivity contribution in [2.45, 2.75) is 84.0 Å². The number of fused-ring (bicyclic) bond motifs is 3. The summed E-state index contributed by atoms with van der Waals surface area (Å²) in [5.41, 5.74) is 3.24. The first kappa shape index (κ1) is 29.0. The quantitative estimate of drug-likeness (QED) is 0.239. The number of esters is 1. The molecule has 0 aliphatic heterocycles. The van der Waals surface area contributed by atoms with Crippen LogP contribution < -0.4 is 10.6 Å². The molecule has 0 saturated carbocycles. The van der Waals surface area contributed by atoms with Gasteiger partial charge in [0.25, 0.3) is 0 Å². The van der Waals surface area contributed by atoms with Gasteiger partial charge in [0.1, 0.15) is 23.9 Å². The van der Waals surface area contributed by atoms with E-state index < -0.39 is 35.4 Å². The molecule has 1 unspecified atom stereocenters. The lowest BCUT2D eigenvalue weighted by Gasteiger charge is -2.25. The molecular weight excluding hydrogens is 484 g/mol. The maximum Gasteiger partial charge on any atom is 0.407 e. The van der Waals surface area contributed by atoms with Gasteiger partial charge in [-0.2, -0.15) is 0 Å². The Bertz CT molecular complexity index is 1090. The summed E-state index contributed by atoms with van der Waals surface area (Å²) < 4.78 is 16.4. The summed E-state index contributed by atoms with van der Waals surface area (Å²) in [6, 6.07) is 15.3. The molecule has 0 spiro atoms. The lowest BCUT2D eigenvalue weighted by Crippen LogP contribution is -2.44. The van der Waals surface area contributed by atoms with Crippen molar-refractivity contribution < 1.29 is 28.6 Å². The Morgan fingerprint density at radius 3 is 1.89 bits per heavy atom. The first-order valence-electron chi connectivity index (χ1n) is 13.2. The minimum Gasteiger partial charge on any atom is -0.458 e. The third-order valence-corrected chi connectivity index (χ3v) is 5.91. The van der Waals surface area contributed by atoms with Gasteiger partial charge in [0.15, 0.2) is 0 Å². The van der Waals surface area contributed by atoms with Crippen molar-refractivity contribution in [2.24, 2.45) is 0 Å². The van der Waals surface area contributed by atoms with Crippen LogP contribution >= 0.6 is 0 Å². The average molecular weight is 525 g/mol. The number of unbranched alkanes of at least 4 members (excludes halogenated alkanes) is 1. The van der Waals surface area contributed by atoms with Crippen molar-refractivity contribution in [1.29, 1.82) is 0 Å². The number of nitrogens with one attached hydrogen (secondary N) is 2. The molecule has 0 aromatic heterocycles. The van der Waals surface area contributed by atoms with E-state index in [4.69, 9.17) is 14.2 Å². The summed E-state index contributed by atoms with van der Waals surface area (Å²) in [4.78, 5) is 37.4. The highest BCUT2D eigenvalue weighted by molar-refractivity contribution is 5.82. The summed E-state index contributed by atoms with van der Waals surface area (Å²) in [6.45, 7) is 11.3. The van der Waals surface area contributed by atoms with Crippen LogP contribution in [0.5, 0.6) is 0 Å². The fraction of sp³-hybridized carbons (Fsp3) is 0.500. The van der Waals surface area contributed by atoms with E-state index in [1.165, 1.54) is 0 Å². The zero-order valence-corrected chi connectivity index (χ0v) is 23.3. The predicted octanol–water partition coefficient (Wildman–Crippen LogP) is 5.93. The molecule has 2 aromatic carbocycles. The largest absolute Gasteiger partial charge is 0.458 e. The standard InChI is InChI=1S/C30H40N2O6/c1-29(2,3)37-26(33)25(17-11-12-18-31-27(34)38-30(4,5)6)32-28(35)36-19-24-22-15-9-7-13-20(22)21-14-8-10-16-23(21)24/h7-10,13-16,24-25H,11-12,17-19H2,1-6H3,(H,31,34)(H,32,35). The summed E-state index contributed by atoms with van der Waals surface area (Å²) in [5.74, 6) is -0.599. The van der Waals surface area contributed by atoms with E-state index in [2.05, 4.69) is 34.9 Å². The van der Waals surface area contributed by atoms with E-state index in [1.54, 1.807) is 41.5 Å². The van der Waals surface area contributed by atoms with Crippen LogP contribution in [0.25, 0.3) is 11.1 Å². The SMILES string of the molecule is CC(C)(C)OC(=O)NCCCCC(NC(=O)OCC1c2ccccc2-c2ccccc21)C(=O)OC(C)(C)C. The molecular formula is C30H40N2O6. The summed E-state index contributed by atoms with van der Waals surface area (Å²) in [7, 11) is 0. The van der Waals surface area contributed by atoms with Crippen LogP contribution in [-0.4, -0.2) is 48.6 Å². The topological polar surface area (TPSA) is 103 Å². The smallest absolute Gasteiger partial charge is 0.407 e. The van der Waals surface area contributed by atoms with Crippen LogP contribution in [0.4, 0.5) is 9.59 Å². The number of alkyl carbamates (subject to hydrolysis) is 2. The average Bonchev–Trinajstić information content (AvgIpc) is 3.13. The van der Waals surface area contributed by atoms with Gasteiger partial charge in [-0.15, -0.1) is 0 Å². The van der Waals surface area contributed by atoms with E-state index in [1.807, 2.05) is 24.3 Å². The van der Waals surface area contributed by atoms with E-state index in [9.17, 15) is 14.4 Å². The van der Waals surface area contributed by atoms with Crippen LogP contribution in [0, 0.1) is 0 Å². The Kier molecular flexibility index (Phi) is 9.41. The molecule has 0 fully saturated rings. The molecule has 2 amide bonds. The number of hydrogen-bond acceptors (Lipinski definition) is 6. The molecule has 1 atom stereocenters. The fourth-order valence-corrected chi connectivity index (χ4v) is 4.38. The molecule has 0 heterocycles. The number of ether oxygens (including phenoxy) is 3. The molecule has 206 valence electrons. The number of carbonyl (C=O) groups is 3. The second kappa shape index (κ2) is 12.3. The normalized spacial score (nSPS) is 13.6. The maximum absolute atomic E-state index is 12.8. The van der Waals surface area contributed by atoms with E-state index in [0.717, 1.165) is 22.3 Å². The van der Waals surface area contributed by atoms with E-state index >= 15 is 0 Å².